The van der Waals surface area contributed by atoms with E-state index in [2.05, 4.69) is 106 Å². The zero-order valence-electron chi connectivity index (χ0n) is 21.4. The number of fused-ring (bicyclic) bond motifs is 3. The first-order valence-electron chi connectivity index (χ1n) is 12.6. The van der Waals surface area contributed by atoms with Gasteiger partial charge >= 0.3 is 0 Å². The van der Waals surface area contributed by atoms with Gasteiger partial charge in [0.15, 0.2) is 0 Å². The Bertz CT molecular complexity index is 1400. The van der Waals surface area contributed by atoms with Crippen molar-refractivity contribution in [1.29, 1.82) is 0 Å². The van der Waals surface area contributed by atoms with Crippen LogP contribution >= 0.6 is 0 Å². The second-order valence-corrected chi connectivity index (χ2v) is 10.6. The molecule has 6 rings (SSSR count). The van der Waals surface area contributed by atoms with Crippen LogP contribution in [-0.2, 0) is 10.2 Å². The third kappa shape index (κ3) is 3.37. The molecule has 1 aliphatic carbocycles. The predicted molar refractivity (Wildman–Crippen MR) is 144 cm³/mol. The molecule has 2 aliphatic rings. The lowest BCUT2D eigenvalue weighted by atomic mass is 9.67. The molecular weight excluding hydrogens is 444 g/mol. The Morgan fingerprint density at radius 3 is 1.72 bits per heavy atom. The number of ether oxygens (including phenoxy) is 3. The lowest BCUT2D eigenvalue weighted by Crippen LogP contribution is -2.44. The molecule has 0 amide bonds. The van der Waals surface area contributed by atoms with Gasteiger partial charge in [-0.25, -0.2) is 0 Å². The zero-order chi connectivity index (χ0) is 24.9. The number of benzene rings is 4. The van der Waals surface area contributed by atoms with Crippen molar-refractivity contribution < 1.29 is 14.2 Å². The van der Waals surface area contributed by atoms with Crippen LogP contribution in [0.5, 0.6) is 11.5 Å². The number of methoxy groups -OCH3 is 1. The van der Waals surface area contributed by atoms with E-state index in [-0.39, 0.29) is 5.41 Å². The summed E-state index contributed by atoms with van der Waals surface area (Å²) in [6, 6.07) is 31.0. The van der Waals surface area contributed by atoms with Crippen molar-refractivity contribution in [2.75, 3.05) is 26.9 Å². The van der Waals surface area contributed by atoms with Crippen LogP contribution in [0, 0.1) is 19.3 Å². The standard InChI is InChI=1S/C33H32O3/c1-22-17-24(13-15-30(22)34-4)33(28-11-7-5-9-26(28)27-10-6-8-12-29(27)33)25-14-16-31(23(2)18-25)36-21-32(3)19-35-20-32/h5-18H,19-21H2,1-4H3. The van der Waals surface area contributed by atoms with E-state index < -0.39 is 5.41 Å². The molecule has 4 aromatic rings. The van der Waals surface area contributed by atoms with Crippen LogP contribution in [0.25, 0.3) is 11.1 Å². The summed E-state index contributed by atoms with van der Waals surface area (Å²) in [5, 5.41) is 0. The van der Waals surface area contributed by atoms with Gasteiger partial charge in [0.1, 0.15) is 11.5 Å². The van der Waals surface area contributed by atoms with Crippen molar-refractivity contribution in [2.24, 2.45) is 5.41 Å². The highest BCUT2D eigenvalue weighted by Gasteiger charge is 2.46. The monoisotopic (exact) mass is 476 g/mol. The van der Waals surface area contributed by atoms with Crippen LogP contribution < -0.4 is 9.47 Å². The van der Waals surface area contributed by atoms with Crippen molar-refractivity contribution in [1.82, 2.24) is 0 Å². The molecule has 0 saturated carbocycles. The van der Waals surface area contributed by atoms with E-state index in [9.17, 15) is 0 Å². The molecule has 0 spiro atoms. The molecule has 0 aromatic heterocycles. The maximum atomic E-state index is 6.29. The molecule has 4 aromatic carbocycles. The summed E-state index contributed by atoms with van der Waals surface area (Å²) in [5.41, 5.74) is 9.63. The minimum atomic E-state index is -0.429. The summed E-state index contributed by atoms with van der Waals surface area (Å²) in [4.78, 5) is 0. The molecule has 1 saturated heterocycles. The average Bonchev–Trinajstić information content (AvgIpc) is 3.18. The van der Waals surface area contributed by atoms with E-state index in [1.807, 2.05) is 0 Å². The first kappa shape index (κ1) is 22.9. The van der Waals surface area contributed by atoms with Gasteiger partial charge in [-0.3, -0.25) is 0 Å². The van der Waals surface area contributed by atoms with Crippen molar-refractivity contribution in [3.05, 3.63) is 118 Å². The maximum Gasteiger partial charge on any atom is 0.122 e. The summed E-state index contributed by atoms with van der Waals surface area (Å²) in [6.45, 7) is 8.68. The molecule has 0 unspecified atom stereocenters. The predicted octanol–water partition coefficient (Wildman–Crippen LogP) is 7.09. The summed E-state index contributed by atoms with van der Waals surface area (Å²) in [6.07, 6.45) is 0. The highest BCUT2D eigenvalue weighted by Crippen LogP contribution is 2.56. The van der Waals surface area contributed by atoms with Gasteiger partial charge < -0.3 is 14.2 Å². The first-order chi connectivity index (χ1) is 17.5. The van der Waals surface area contributed by atoms with Gasteiger partial charge in [0, 0.05) is 5.41 Å². The fourth-order valence-electron chi connectivity index (χ4n) is 5.97. The number of hydrogen-bond donors (Lipinski definition) is 0. The summed E-state index contributed by atoms with van der Waals surface area (Å²) in [7, 11) is 1.73. The molecule has 0 radical (unpaired) electrons. The molecule has 0 N–H and O–H groups in total. The Hall–Kier alpha value is -3.56. The van der Waals surface area contributed by atoms with E-state index in [0.717, 1.165) is 35.8 Å². The normalized spacial score (nSPS) is 16.6. The lowest BCUT2D eigenvalue weighted by molar-refractivity contribution is -0.120. The first-order valence-corrected chi connectivity index (χ1v) is 12.6. The maximum absolute atomic E-state index is 6.29. The lowest BCUT2D eigenvalue weighted by Gasteiger charge is -2.38. The third-order valence-electron chi connectivity index (χ3n) is 7.87. The Kier molecular flexibility index (Phi) is 5.42. The average molecular weight is 477 g/mol. The Labute approximate surface area is 213 Å². The van der Waals surface area contributed by atoms with Crippen LogP contribution in [0.4, 0.5) is 0 Å². The molecule has 3 heteroatoms. The van der Waals surface area contributed by atoms with Gasteiger partial charge in [0.05, 0.1) is 32.3 Å². The summed E-state index contributed by atoms with van der Waals surface area (Å²) < 4.78 is 17.3. The van der Waals surface area contributed by atoms with Crippen LogP contribution in [0.2, 0.25) is 0 Å². The van der Waals surface area contributed by atoms with E-state index >= 15 is 0 Å². The molecule has 182 valence electrons. The molecule has 1 fully saturated rings. The zero-order valence-corrected chi connectivity index (χ0v) is 21.4. The van der Waals surface area contributed by atoms with Crippen molar-refractivity contribution in [3.63, 3.8) is 0 Å². The Balaban J connectivity index is 1.56. The van der Waals surface area contributed by atoms with E-state index in [1.54, 1.807) is 7.11 Å². The number of aryl methyl sites for hydroxylation is 2. The van der Waals surface area contributed by atoms with E-state index in [4.69, 9.17) is 14.2 Å². The fourth-order valence-corrected chi connectivity index (χ4v) is 5.97. The van der Waals surface area contributed by atoms with Crippen molar-refractivity contribution in [2.45, 2.75) is 26.2 Å². The third-order valence-corrected chi connectivity index (χ3v) is 7.87. The van der Waals surface area contributed by atoms with E-state index in [1.165, 1.54) is 33.4 Å². The second-order valence-electron chi connectivity index (χ2n) is 10.6. The van der Waals surface area contributed by atoms with Crippen LogP contribution in [0.15, 0.2) is 84.9 Å². The molecule has 0 atom stereocenters. The number of hydrogen-bond acceptors (Lipinski definition) is 3. The van der Waals surface area contributed by atoms with Gasteiger partial charge in [-0.05, 0) is 70.5 Å². The van der Waals surface area contributed by atoms with Gasteiger partial charge in [-0.15, -0.1) is 0 Å². The van der Waals surface area contributed by atoms with Gasteiger partial charge in [-0.2, -0.15) is 0 Å². The number of rotatable bonds is 6. The van der Waals surface area contributed by atoms with Gasteiger partial charge in [-0.1, -0.05) is 79.7 Å². The SMILES string of the molecule is COc1ccc(C2(c3ccc(OCC4(C)COC4)c(C)c3)c3ccccc3-c3ccccc32)cc1C. The van der Waals surface area contributed by atoms with Crippen molar-refractivity contribution in [3.8, 4) is 22.6 Å². The molecule has 36 heavy (non-hydrogen) atoms. The molecule has 1 aliphatic heterocycles. The Morgan fingerprint density at radius 2 is 1.25 bits per heavy atom. The molecule has 3 nitrogen and oxygen atoms in total. The fraction of sp³-hybridized carbons (Fsp3) is 0.273. The highest BCUT2D eigenvalue weighted by molar-refractivity contribution is 5.86. The Morgan fingerprint density at radius 1 is 0.722 bits per heavy atom. The second kappa shape index (κ2) is 8.53. The highest BCUT2D eigenvalue weighted by atomic mass is 16.5. The van der Waals surface area contributed by atoms with Crippen LogP contribution in [0.3, 0.4) is 0 Å². The summed E-state index contributed by atoms with van der Waals surface area (Å²) >= 11 is 0. The smallest absolute Gasteiger partial charge is 0.122 e. The van der Waals surface area contributed by atoms with Gasteiger partial charge in [0.25, 0.3) is 0 Å². The topological polar surface area (TPSA) is 27.7 Å². The van der Waals surface area contributed by atoms with Gasteiger partial charge in [0.2, 0.25) is 0 Å². The minimum Gasteiger partial charge on any atom is -0.496 e. The van der Waals surface area contributed by atoms with Crippen LogP contribution in [-0.4, -0.2) is 26.9 Å². The molecular formula is C33H32O3. The molecule has 1 heterocycles. The quantitative estimate of drug-likeness (QED) is 0.262. The van der Waals surface area contributed by atoms with E-state index in [0.29, 0.717) is 6.61 Å². The summed E-state index contributed by atoms with van der Waals surface area (Å²) in [5.74, 6) is 1.84. The molecule has 0 bridgehead atoms. The minimum absolute atomic E-state index is 0.107. The van der Waals surface area contributed by atoms with Crippen LogP contribution in [0.1, 0.15) is 40.3 Å². The largest absolute Gasteiger partial charge is 0.496 e. The van der Waals surface area contributed by atoms with Crippen molar-refractivity contribution >= 4 is 0 Å².